The van der Waals surface area contributed by atoms with Crippen LogP contribution >= 0.6 is 15.9 Å². The van der Waals surface area contributed by atoms with Crippen molar-refractivity contribution in [3.05, 3.63) is 57.6 Å². The molecule has 2 amide bonds. The molecule has 2 rings (SSSR count). The number of amides is 2. The quantitative estimate of drug-likeness (QED) is 0.670. The van der Waals surface area contributed by atoms with Gasteiger partial charge in [-0.2, -0.15) is 0 Å². The molecule has 0 saturated heterocycles. The minimum absolute atomic E-state index is 0.207. The van der Waals surface area contributed by atoms with Gasteiger partial charge in [-0.15, -0.1) is 0 Å². The number of halogens is 1. The van der Waals surface area contributed by atoms with Crippen LogP contribution in [0.4, 0.5) is 5.69 Å². The summed E-state index contributed by atoms with van der Waals surface area (Å²) < 4.78 is 6.86. The Bertz CT molecular complexity index is 813. The van der Waals surface area contributed by atoms with Crippen molar-refractivity contribution < 1.29 is 14.3 Å². The van der Waals surface area contributed by atoms with Crippen molar-refractivity contribution in [3.63, 3.8) is 0 Å². The van der Waals surface area contributed by atoms with Crippen LogP contribution in [0.5, 0.6) is 5.75 Å². The van der Waals surface area contributed by atoms with Crippen LogP contribution in [0, 0.1) is 13.8 Å². The number of anilines is 1. The van der Waals surface area contributed by atoms with Gasteiger partial charge in [0.1, 0.15) is 5.75 Å². The molecular weight excluding hydrogens is 408 g/mol. The summed E-state index contributed by atoms with van der Waals surface area (Å²) in [5.41, 5.74) is 2.79. The molecule has 0 fully saturated rings. The molecule has 27 heavy (non-hydrogen) atoms. The molecule has 1 unspecified atom stereocenters. The number of carbonyl (C=O) groups excluding carboxylic acids is 2. The molecule has 144 valence electrons. The van der Waals surface area contributed by atoms with Crippen molar-refractivity contribution in [1.82, 2.24) is 5.32 Å². The molecule has 2 aromatic carbocycles. The van der Waals surface area contributed by atoms with Gasteiger partial charge in [-0.1, -0.05) is 35.0 Å². The summed E-state index contributed by atoms with van der Waals surface area (Å²) >= 11 is 3.45. The smallest absolute Gasteiger partial charge is 0.265 e. The van der Waals surface area contributed by atoms with Crippen molar-refractivity contribution >= 4 is 33.4 Å². The number of rotatable bonds is 7. The van der Waals surface area contributed by atoms with Crippen molar-refractivity contribution in [2.45, 2.75) is 40.2 Å². The van der Waals surface area contributed by atoms with Gasteiger partial charge in [0.15, 0.2) is 6.10 Å². The lowest BCUT2D eigenvalue weighted by Gasteiger charge is -2.19. The number of nitrogens with one attached hydrogen (secondary N) is 2. The molecule has 0 aliphatic rings. The predicted molar refractivity (Wildman–Crippen MR) is 111 cm³/mol. The highest BCUT2D eigenvalue weighted by molar-refractivity contribution is 9.10. The van der Waals surface area contributed by atoms with Crippen molar-refractivity contribution in [1.29, 1.82) is 0 Å². The minimum atomic E-state index is -0.713. The Balaban J connectivity index is 2.12. The number of hydrogen-bond acceptors (Lipinski definition) is 3. The zero-order valence-corrected chi connectivity index (χ0v) is 17.6. The highest BCUT2D eigenvalue weighted by atomic mass is 79.9. The van der Waals surface area contributed by atoms with Gasteiger partial charge >= 0.3 is 0 Å². The first-order chi connectivity index (χ1) is 12.8. The molecule has 2 N–H and O–H groups in total. The third-order valence-corrected chi connectivity index (χ3v) is 4.51. The molecule has 1 atom stereocenters. The molecule has 2 aromatic rings. The first-order valence-corrected chi connectivity index (χ1v) is 9.74. The summed E-state index contributed by atoms with van der Waals surface area (Å²) in [6, 6.07) is 10.8. The van der Waals surface area contributed by atoms with E-state index in [9.17, 15) is 9.59 Å². The van der Waals surface area contributed by atoms with E-state index in [1.807, 2.05) is 32.9 Å². The lowest BCUT2D eigenvalue weighted by molar-refractivity contribution is -0.122. The number of ether oxygens (including phenoxy) is 1. The summed E-state index contributed by atoms with van der Waals surface area (Å²) in [4.78, 5) is 24.9. The number of benzene rings is 2. The van der Waals surface area contributed by atoms with E-state index in [-0.39, 0.29) is 11.8 Å². The fourth-order valence-electron chi connectivity index (χ4n) is 2.67. The van der Waals surface area contributed by atoms with E-state index < -0.39 is 6.10 Å². The zero-order chi connectivity index (χ0) is 20.0. The SMILES string of the molecule is CCCNC(=O)c1ccccc1NC(=O)C(C)Oc1c(C)cc(Br)cc1C. The summed E-state index contributed by atoms with van der Waals surface area (Å²) in [5, 5.41) is 5.63. The Hall–Kier alpha value is -2.34. The first-order valence-electron chi connectivity index (χ1n) is 8.95. The van der Waals surface area contributed by atoms with Crippen molar-refractivity contribution in [2.75, 3.05) is 11.9 Å². The Labute approximate surface area is 168 Å². The maximum absolute atomic E-state index is 12.6. The lowest BCUT2D eigenvalue weighted by atomic mass is 10.1. The second-order valence-electron chi connectivity index (χ2n) is 6.42. The second kappa shape index (κ2) is 9.55. The summed E-state index contributed by atoms with van der Waals surface area (Å²) in [7, 11) is 0. The molecular formula is C21H25BrN2O3. The number of para-hydroxylation sites is 1. The molecule has 0 aliphatic carbocycles. The van der Waals surface area contributed by atoms with Gasteiger partial charge < -0.3 is 15.4 Å². The van der Waals surface area contributed by atoms with E-state index in [2.05, 4.69) is 26.6 Å². The first kappa shape index (κ1) is 21.0. The zero-order valence-electron chi connectivity index (χ0n) is 16.1. The third-order valence-electron chi connectivity index (χ3n) is 4.05. The van der Waals surface area contributed by atoms with Gasteiger partial charge in [0.25, 0.3) is 11.8 Å². The highest BCUT2D eigenvalue weighted by Crippen LogP contribution is 2.28. The van der Waals surface area contributed by atoms with E-state index >= 15 is 0 Å². The van der Waals surface area contributed by atoms with Crippen LogP contribution in [-0.4, -0.2) is 24.5 Å². The van der Waals surface area contributed by atoms with E-state index in [1.54, 1.807) is 31.2 Å². The summed E-state index contributed by atoms with van der Waals surface area (Å²) in [6.45, 7) is 8.13. The Kier molecular flexibility index (Phi) is 7.42. The van der Waals surface area contributed by atoms with Crippen LogP contribution in [-0.2, 0) is 4.79 Å². The fraction of sp³-hybridized carbons (Fsp3) is 0.333. The molecule has 6 heteroatoms. The summed E-state index contributed by atoms with van der Waals surface area (Å²) in [6.07, 6.45) is 0.132. The van der Waals surface area contributed by atoms with E-state index in [0.29, 0.717) is 23.5 Å². The molecule has 0 radical (unpaired) electrons. The molecule has 0 aliphatic heterocycles. The van der Waals surface area contributed by atoms with Crippen LogP contribution in [0.25, 0.3) is 0 Å². The number of aryl methyl sites for hydroxylation is 2. The minimum Gasteiger partial charge on any atom is -0.480 e. The van der Waals surface area contributed by atoms with E-state index in [4.69, 9.17) is 4.74 Å². The molecule has 0 heterocycles. The van der Waals surface area contributed by atoms with Crippen LogP contribution in [0.2, 0.25) is 0 Å². The van der Waals surface area contributed by atoms with Crippen molar-refractivity contribution in [2.24, 2.45) is 0 Å². The molecule has 0 saturated carbocycles. The van der Waals surface area contributed by atoms with E-state index in [1.165, 1.54) is 0 Å². The second-order valence-corrected chi connectivity index (χ2v) is 7.34. The largest absolute Gasteiger partial charge is 0.480 e. The average Bonchev–Trinajstić information content (AvgIpc) is 2.62. The standard InChI is InChI=1S/C21H25BrN2O3/c1-5-10-23-21(26)17-8-6-7-9-18(17)24-20(25)15(4)27-19-13(2)11-16(22)12-14(19)3/h6-9,11-12,15H,5,10H2,1-4H3,(H,23,26)(H,24,25). The van der Waals surface area contributed by atoms with E-state index in [0.717, 1.165) is 22.0 Å². The molecule has 0 spiro atoms. The Morgan fingerprint density at radius 2 is 1.78 bits per heavy atom. The van der Waals surface area contributed by atoms with Crippen LogP contribution < -0.4 is 15.4 Å². The Morgan fingerprint density at radius 1 is 1.15 bits per heavy atom. The lowest BCUT2D eigenvalue weighted by Crippen LogP contribution is -2.32. The van der Waals surface area contributed by atoms with Gasteiger partial charge in [0.2, 0.25) is 0 Å². The monoisotopic (exact) mass is 432 g/mol. The van der Waals surface area contributed by atoms with Crippen LogP contribution in [0.1, 0.15) is 41.8 Å². The van der Waals surface area contributed by atoms with Gasteiger partial charge in [0.05, 0.1) is 11.3 Å². The normalized spacial score (nSPS) is 11.6. The predicted octanol–water partition coefficient (Wildman–Crippen LogP) is 4.61. The summed E-state index contributed by atoms with van der Waals surface area (Å²) in [5.74, 6) is 0.170. The van der Waals surface area contributed by atoms with Crippen LogP contribution in [0.3, 0.4) is 0 Å². The molecule has 0 aromatic heterocycles. The number of carbonyl (C=O) groups is 2. The van der Waals surface area contributed by atoms with Gasteiger partial charge in [-0.05, 0) is 62.6 Å². The van der Waals surface area contributed by atoms with Gasteiger partial charge in [0, 0.05) is 11.0 Å². The fourth-order valence-corrected chi connectivity index (χ4v) is 3.36. The third kappa shape index (κ3) is 5.57. The highest BCUT2D eigenvalue weighted by Gasteiger charge is 2.20. The Morgan fingerprint density at radius 3 is 2.41 bits per heavy atom. The van der Waals surface area contributed by atoms with Gasteiger partial charge in [-0.25, -0.2) is 0 Å². The number of hydrogen-bond donors (Lipinski definition) is 2. The maximum atomic E-state index is 12.6. The molecule has 5 nitrogen and oxygen atoms in total. The maximum Gasteiger partial charge on any atom is 0.265 e. The van der Waals surface area contributed by atoms with Crippen molar-refractivity contribution in [3.8, 4) is 5.75 Å². The molecule has 0 bridgehead atoms. The van der Waals surface area contributed by atoms with Crippen LogP contribution in [0.15, 0.2) is 40.9 Å². The van der Waals surface area contributed by atoms with Gasteiger partial charge in [-0.3, -0.25) is 9.59 Å². The average molecular weight is 433 g/mol. The topological polar surface area (TPSA) is 67.4 Å².